The quantitative estimate of drug-likeness (QED) is 0.652. The number of nitrogens with zero attached hydrogens (tertiary/aromatic N) is 2. The lowest BCUT2D eigenvalue weighted by Crippen LogP contribution is -2.35. The van der Waals surface area contributed by atoms with Gasteiger partial charge in [0.25, 0.3) is 5.91 Å². The minimum atomic E-state index is -0.122. The van der Waals surface area contributed by atoms with E-state index in [4.69, 9.17) is 11.6 Å². The molecule has 0 aromatic heterocycles. The molecule has 27 heavy (non-hydrogen) atoms. The second-order valence-electron chi connectivity index (χ2n) is 6.45. The van der Waals surface area contributed by atoms with Gasteiger partial charge in [-0.2, -0.15) is 0 Å². The molecule has 5 nitrogen and oxygen atoms in total. The molecule has 0 aliphatic carbocycles. The Hall–Kier alpha value is -1.79. The summed E-state index contributed by atoms with van der Waals surface area (Å²) < 4.78 is 0. The van der Waals surface area contributed by atoms with Crippen molar-refractivity contribution in [2.45, 2.75) is 46.1 Å². The van der Waals surface area contributed by atoms with Crippen molar-refractivity contribution >= 4 is 46.4 Å². The van der Waals surface area contributed by atoms with E-state index >= 15 is 0 Å². The van der Waals surface area contributed by atoms with E-state index in [0.717, 1.165) is 24.8 Å². The molecule has 1 heterocycles. The van der Waals surface area contributed by atoms with Crippen molar-refractivity contribution in [2.75, 3.05) is 12.3 Å². The summed E-state index contributed by atoms with van der Waals surface area (Å²) in [7, 11) is 0. The Balaban J connectivity index is 2.13. The van der Waals surface area contributed by atoms with Crippen molar-refractivity contribution in [1.82, 2.24) is 10.2 Å². The summed E-state index contributed by atoms with van der Waals surface area (Å²) in [5.41, 5.74) is 1.25. The fourth-order valence-corrected chi connectivity index (χ4v) is 3.38. The average molecular weight is 408 g/mol. The highest BCUT2D eigenvalue weighted by Crippen LogP contribution is 2.25. The number of nitrogens with one attached hydrogen (secondary N) is 1. The Kier molecular flexibility index (Phi) is 8.38. The van der Waals surface area contributed by atoms with Gasteiger partial charge in [0.15, 0.2) is 5.17 Å². The third-order valence-corrected chi connectivity index (χ3v) is 5.40. The molecule has 0 spiro atoms. The summed E-state index contributed by atoms with van der Waals surface area (Å²) >= 11 is 7.22. The SMILES string of the molecule is CCCCN1C(=O)/C(=C\c2ccc(Cl)cc2)N=C1SCC(=O)N[C@@H](C)CC. The predicted octanol–water partition coefficient (Wildman–Crippen LogP) is 4.33. The first-order valence-corrected chi connectivity index (χ1v) is 10.6. The van der Waals surface area contributed by atoms with Gasteiger partial charge in [-0.05, 0) is 43.5 Å². The summed E-state index contributed by atoms with van der Waals surface area (Å²) in [4.78, 5) is 31.0. The number of amidine groups is 1. The second kappa shape index (κ2) is 10.5. The maximum absolute atomic E-state index is 12.8. The number of amides is 2. The van der Waals surface area contributed by atoms with Crippen molar-refractivity contribution in [3.63, 3.8) is 0 Å². The summed E-state index contributed by atoms with van der Waals surface area (Å²) in [6.07, 6.45) is 4.50. The van der Waals surface area contributed by atoms with Crippen molar-refractivity contribution in [3.8, 4) is 0 Å². The molecule has 1 aliphatic heterocycles. The molecule has 0 saturated heterocycles. The monoisotopic (exact) mass is 407 g/mol. The zero-order valence-electron chi connectivity index (χ0n) is 16.0. The van der Waals surface area contributed by atoms with Crippen LogP contribution >= 0.6 is 23.4 Å². The number of halogens is 1. The topological polar surface area (TPSA) is 61.8 Å². The van der Waals surface area contributed by atoms with Gasteiger partial charge < -0.3 is 5.32 Å². The molecule has 0 radical (unpaired) electrons. The lowest BCUT2D eigenvalue weighted by atomic mass is 10.2. The highest BCUT2D eigenvalue weighted by Gasteiger charge is 2.30. The van der Waals surface area contributed by atoms with Gasteiger partial charge >= 0.3 is 0 Å². The molecule has 0 unspecified atom stereocenters. The molecule has 0 fully saturated rings. The van der Waals surface area contributed by atoms with E-state index in [-0.39, 0.29) is 23.6 Å². The van der Waals surface area contributed by atoms with Crippen LogP contribution in [0, 0.1) is 0 Å². The fourth-order valence-electron chi connectivity index (χ4n) is 2.42. The Morgan fingerprint density at radius 3 is 2.67 bits per heavy atom. The molecular formula is C20H26ClN3O2S. The van der Waals surface area contributed by atoms with E-state index in [1.807, 2.05) is 26.0 Å². The summed E-state index contributed by atoms with van der Waals surface area (Å²) in [6.45, 7) is 6.68. The van der Waals surface area contributed by atoms with Crippen LogP contribution in [-0.2, 0) is 9.59 Å². The summed E-state index contributed by atoms with van der Waals surface area (Å²) in [6, 6.07) is 7.39. The molecule has 1 aliphatic rings. The van der Waals surface area contributed by atoms with Crippen molar-refractivity contribution in [1.29, 1.82) is 0 Å². The fraction of sp³-hybridized carbons (Fsp3) is 0.450. The first-order chi connectivity index (χ1) is 12.9. The van der Waals surface area contributed by atoms with E-state index in [9.17, 15) is 9.59 Å². The number of hydrogen-bond acceptors (Lipinski definition) is 4. The highest BCUT2D eigenvalue weighted by molar-refractivity contribution is 8.14. The number of unbranched alkanes of at least 4 members (excludes halogenated alkanes) is 1. The third kappa shape index (κ3) is 6.40. The van der Waals surface area contributed by atoms with Crippen LogP contribution < -0.4 is 5.32 Å². The van der Waals surface area contributed by atoms with Gasteiger partial charge in [-0.3, -0.25) is 14.5 Å². The number of aliphatic imine (C=N–C) groups is 1. The van der Waals surface area contributed by atoms with Gasteiger partial charge in [0.1, 0.15) is 5.70 Å². The molecule has 0 saturated carbocycles. The number of benzene rings is 1. The zero-order valence-corrected chi connectivity index (χ0v) is 17.6. The summed E-state index contributed by atoms with van der Waals surface area (Å²) in [5.74, 6) is 0.0751. The van der Waals surface area contributed by atoms with Crippen molar-refractivity contribution in [2.24, 2.45) is 4.99 Å². The van der Waals surface area contributed by atoms with Crippen molar-refractivity contribution < 1.29 is 9.59 Å². The van der Waals surface area contributed by atoms with E-state index < -0.39 is 0 Å². The Morgan fingerprint density at radius 1 is 1.33 bits per heavy atom. The molecule has 2 rings (SSSR count). The van der Waals surface area contributed by atoms with Crippen LogP contribution in [0.4, 0.5) is 0 Å². The maximum atomic E-state index is 12.8. The minimum Gasteiger partial charge on any atom is -0.353 e. The summed E-state index contributed by atoms with van der Waals surface area (Å²) in [5, 5.41) is 4.17. The number of rotatable bonds is 8. The van der Waals surface area contributed by atoms with Crippen LogP contribution in [0.2, 0.25) is 5.02 Å². The van der Waals surface area contributed by atoms with Crippen LogP contribution in [0.5, 0.6) is 0 Å². The number of carbonyl (C=O) groups excluding carboxylic acids is 2. The van der Waals surface area contributed by atoms with Crippen LogP contribution in [-0.4, -0.2) is 40.2 Å². The molecule has 1 aromatic carbocycles. The Labute approximate surface area is 170 Å². The highest BCUT2D eigenvalue weighted by atomic mass is 35.5. The first kappa shape index (κ1) is 21.5. The maximum Gasteiger partial charge on any atom is 0.278 e. The van der Waals surface area contributed by atoms with Gasteiger partial charge in [-0.1, -0.05) is 55.8 Å². The standard InChI is InChI=1S/C20H26ClN3O2S/c1-4-6-11-24-19(26)17(12-15-7-9-16(21)10-8-15)23-20(24)27-13-18(25)22-14(3)5-2/h7-10,12,14H,4-6,11,13H2,1-3H3,(H,22,25)/b17-12+/t14-/m0/s1. The molecular weight excluding hydrogens is 382 g/mol. The Morgan fingerprint density at radius 2 is 2.04 bits per heavy atom. The lowest BCUT2D eigenvalue weighted by molar-refractivity contribution is -0.122. The van der Waals surface area contributed by atoms with Crippen LogP contribution in [0.25, 0.3) is 6.08 Å². The second-order valence-corrected chi connectivity index (χ2v) is 7.83. The van der Waals surface area contributed by atoms with E-state index in [2.05, 4.69) is 17.2 Å². The molecule has 1 aromatic rings. The average Bonchev–Trinajstić information content (AvgIpc) is 2.95. The van der Waals surface area contributed by atoms with E-state index in [0.29, 0.717) is 22.4 Å². The molecule has 0 bridgehead atoms. The molecule has 1 atom stereocenters. The number of hydrogen-bond donors (Lipinski definition) is 1. The van der Waals surface area contributed by atoms with Crippen LogP contribution in [0.1, 0.15) is 45.6 Å². The predicted molar refractivity (Wildman–Crippen MR) is 114 cm³/mol. The third-order valence-electron chi connectivity index (χ3n) is 4.17. The number of thioether (sulfide) groups is 1. The molecule has 146 valence electrons. The first-order valence-electron chi connectivity index (χ1n) is 9.24. The lowest BCUT2D eigenvalue weighted by Gasteiger charge is -2.17. The minimum absolute atomic E-state index is 0.0462. The van der Waals surface area contributed by atoms with Gasteiger partial charge in [0, 0.05) is 17.6 Å². The van der Waals surface area contributed by atoms with Crippen LogP contribution in [0.15, 0.2) is 35.0 Å². The van der Waals surface area contributed by atoms with Crippen LogP contribution in [0.3, 0.4) is 0 Å². The van der Waals surface area contributed by atoms with Gasteiger partial charge in [0.05, 0.1) is 5.75 Å². The molecule has 7 heteroatoms. The van der Waals surface area contributed by atoms with Gasteiger partial charge in [-0.15, -0.1) is 0 Å². The number of carbonyl (C=O) groups is 2. The smallest absolute Gasteiger partial charge is 0.278 e. The Bertz CT molecular complexity index is 731. The largest absolute Gasteiger partial charge is 0.353 e. The zero-order chi connectivity index (χ0) is 19.8. The van der Waals surface area contributed by atoms with E-state index in [1.165, 1.54) is 11.8 Å². The van der Waals surface area contributed by atoms with E-state index in [1.54, 1.807) is 23.1 Å². The normalized spacial score (nSPS) is 16.6. The van der Waals surface area contributed by atoms with Gasteiger partial charge in [-0.25, -0.2) is 4.99 Å². The van der Waals surface area contributed by atoms with Crippen molar-refractivity contribution in [3.05, 3.63) is 40.5 Å². The molecule has 1 N–H and O–H groups in total. The molecule has 2 amide bonds. The van der Waals surface area contributed by atoms with Gasteiger partial charge in [0.2, 0.25) is 5.91 Å².